The number of carbonyl (C=O) groups excluding carboxylic acids is 2. The van der Waals surface area contributed by atoms with Crippen LogP contribution in [-0.2, 0) is 11.3 Å². The lowest BCUT2D eigenvalue weighted by atomic mass is 10.1. The van der Waals surface area contributed by atoms with Crippen molar-refractivity contribution in [3.63, 3.8) is 0 Å². The van der Waals surface area contributed by atoms with Crippen molar-refractivity contribution >= 4 is 29.1 Å². The SMILES string of the molecule is COc1cc(C)c(Cl)cc1CNC(=O)c1ccc(NC(C)=O)cc1. The van der Waals surface area contributed by atoms with Gasteiger partial charge in [-0.2, -0.15) is 0 Å². The third kappa shape index (κ3) is 4.49. The van der Waals surface area contributed by atoms with Crippen LogP contribution >= 0.6 is 11.6 Å². The lowest BCUT2D eigenvalue weighted by Crippen LogP contribution is -2.23. The number of rotatable bonds is 5. The first-order chi connectivity index (χ1) is 11.4. The molecule has 2 rings (SSSR count). The van der Waals surface area contributed by atoms with E-state index >= 15 is 0 Å². The first-order valence-corrected chi connectivity index (χ1v) is 7.77. The molecule has 126 valence electrons. The number of halogens is 1. The average molecular weight is 347 g/mol. The number of aryl methyl sites for hydroxylation is 1. The fourth-order valence-corrected chi connectivity index (χ4v) is 2.40. The van der Waals surface area contributed by atoms with Gasteiger partial charge in [0.1, 0.15) is 5.75 Å². The zero-order valence-corrected chi connectivity index (χ0v) is 14.5. The average Bonchev–Trinajstić information content (AvgIpc) is 2.55. The Bertz CT molecular complexity index is 758. The van der Waals surface area contributed by atoms with Crippen LogP contribution in [0.15, 0.2) is 36.4 Å². The van der Waals surface area contributed by atoms with Crippen LogP contribution in [0, 0.1) is 6.92 Å². The molecule has 0 saturated carbocycles. The van der Waals surface area contributed by atoms with Gasteiger partial charge in [0.25, 0.3) is 5.91 Å². The molecule has 0 radical (unpaired) electrons. The smallest absolute Gasteiger partial charge is 0.251 e. The van der Waals surface area contributed by atoms with E-state index in [0.29, 0.717) is 28.6 Å². The van der Waals surface area contributed by atoms with Crippen molar-refractivity contribution in [3.8, 4) is 5.75 Å². The summed E-state index contributed by atoms with van der Waals surface area (Å²) in [4.78, 5) is 23.2. The monoisotopic (exact) mass is 346 g/mol. The lowest BCUT2D eigenvalue weighted by Gasteiger charge is -2.12. The van der Waals surface area contributed by atoms with E-state index in [-0.39, 0.29) is 11.8 Å². The molecule has 0 saturated heterocycles. The normalized spacial score (nSPS) is 10.2. The van der Waals surface area contributed by atoms with Gasteiger partial charge in [0.05, 0.1) is 7.11 Å². The summed E-state index contributed by atoms with van der Waals surface area (Å²) in [5.74, 6) is 0.303. The van der Waals surface area contributed by atoms with Crippen LogP contribution in [0.5, 0.6) is 5.75 Å². The van der Waals surface area contributed by atoms with E-state index in [0.717, 1.165) is 11.1 Å². The molecular weight excluding hydrogens is 328 g/mol. The highest BCUT2D eigenvalue weighted by molar-refractivity contribution is 6.31. The fraction of sp³-hybridized carbons (Fsp3) is 0.222. The van der Waals surface area contributed by atoms with Crippen molar-refractivity contribution < 1.29 is 14.3 Å². The van der Waals surface area contributed by atoms with Gasteiger partial charge in [-0.25, -0.2) is 0 Å². The van der Waals surface area contributed by atoms with Crippen molar-refractivity contribution in [3.05, 3.63) is 58.1 Å². The second-order valence-electron chi connectivity index (χ2n) is 5.35. The van der Waals surface area contributed by atoms with E-state index in [1.54, 1.807) is 37.4 Å². The predicted octanol–water partition coefficient (Wildman–Crippen LogP) is 3.55. The number of amides is 2. The molecule has 2 aromatic rings. The van der Waals surface area contributed by atoms with Gasteiger partial charge in [0, 0.05) is 35.3 Å². The Morgan fingerprint density at radius 2 is 1.83 bits per heavy atom. The summed E-state index contributed by atoms with van der Waals surface area (Å²) < 4.78 is 5.32. The molecule has 2 N–H and O–H groups in total. The minimum Gasteiger partial charge on any atom is -0.496 e. The van der Waals surface area contributed by atoms with E-state index in [2.05, 4.69) is 10.6 Å². The minimum atomic E-state index is -0.219. The number of benzene rings is 2. The van der Waals surface area contributed by atoms with Crippen LogP contribution in [-0.4, -0.2) is 18.9 Å². The second-order valence-corrected chi connectivity index (χ2v) is 5.76. The number of hydrogen-bond acceptors (Lipinski definition) is 3. The highest BCUT2D eigenvalue weighted by atomic mass is 35.5. The third-order valence-corrected chi connectivity index (χ3v) is 3.88. The van der Waals surface area contributed by atoms with E-state index in [1.807, 2.05) is 13.0 Å². The predicted molar refractivity (Wildman–Crippen MR) is 94.7 cm³/mol. The standard InChI is InChI=1S/C18H19ClN2O3/c1-11-8-17(24-3)14(9-16(11)19)10-20-18(23)13-4-6-15(7-5-13)21-12(2)22/h4-9H,10H2,1-3H3,(H,20,23)(H,21,22). The number of nitrogens with one attached hydrogen (secondary N) is 2. The maximum Gasteiger partial charge on any atom is 0.251 e. The number of methoxy groups -OCH3 is 1. The molecule has 6 heteroatoms. The highest BCUT2D eigenvalue weighted by Crippen LogP contribution is 2.26. The molecule has 0 unspecified atom stereocenters. The molecule has 0 heterocycles. The molecule has 0 aliphatic heterocycles. The van der Waals surface area contributed by atoms with Crippen molar-refractivity contribution in [2.45, 2.75) is 20.4 Å². The Labute approximate surface area is 146 Å². The molecule has 0 atom stereocenters. The van der Waals surface area contributed by atoms with E-state index in [9.17, 15) is 9.59 Å². The number of hydrogen-bond donors (Lipinski definition) is 2. The van der Waals surface area contributed by atoms with E-state index < -0.39 is 0 Å². The van der Waals surface area contributed by atoms with Gasteiger partial charge < -0.3 is 15.4 Å². The molecule has 2 aromatic carbocycles. The number of carbonyl (C=O) groups is 2. The summed E-state index contributed by atoms with van der Waals surface area (Å²) in [7, 11) is 1.58. The summed E-state index contributed by atoms with van der Waals surface area (Å²) in [6.45, 7) is 3.63. The molecular formula is C18H19ClN2O3. The Balaban J connectivity index is 2.05. The molecule has 0 spiro atoms. The van der Waals surface area contributed by atoms with Gasteiger partial charge >= 0.3 is 0 Å². The van der Waals surface area contributed by atoms with Gasteiger partial charge in [0.2, 0.25) is 5.91 Å². The topological polar surface area (TPSA) is 67.4 Å². The van der Waals surface area contributed by atoms with Crippen molar-refractivity contribution in [1.82, 2.24) is 5.32 Å². The van der Waals surface area contributed by atoms with Crippen LogP contribution in [0.2, 0.25) is 5.02 Å². The van der Waals surface area contributed by atoms with Gasteiger partial charge in [-0.3, -0.25) is 9.59 Å². The molecule has 2 amide bonds. The van der Waals surface area contributed by atoms with Crippen LogP contribution < -0.4 is 15.4 Å². The molecule has 0 aromatic heterocycles. The molecule has 24 heavy (non-hydrogen) atoms. The molecule has 0 aliphatic carbocycles. The van der Waals surface area contributed by atoms with Gasteiger partial charge in [-0.1, -0.05) is 11.6 Å². The quantitative estimate of drug-likeness (QED) is 0.870. The minimum absolute atomic E-state index is 0.157. The summed E-state index contributed by atoms with van der Waals surface area (Å²) in [6, 6.07) is 10.3. The third-order valence-electron chi connectivity index (χ3n) is 3.47. The maximum atomic E-state index is 12.2. The zero-order chi connectivity index (χ0) is 17.7. The van der Waals surface area contributed by atoms with Crippen LogP contribution in [0.25, 0.3) is 0 Å². The van der Waals surface area contributed by atoms with Crippen LogP contribution in [0.4, 0.5) is 5.69 Å². The van der Waals surface area contributed by atoms with Crippen molar-refractivity contribution in [2.75, 3.05) is 12.4 Å². The van der Waals surface area contributed by atoms with Gasteiger partial charge in [-0.05, 0) is 48.9 Å². The molecule has 0 bridgehead atoms. The van der Waals surface area contributed by atoms with Crippen LogP contribution in [0.3, 0.4) is 0 Å². The van der Waals surface area contributed by atoms with Crippen molar-refractivity contribution in [1.29, 1.82) is 0 Å². The molecule has 0 fully saturated rings. The van der Waals surface area contributed by atoms with Crippen LogP contribution in [0.1, 0.15) is 28.4 Å². The fourth-order valence-electron chi connectivity index (χ4n) is 2.21. The Kier molecular flexibility index (Phi) is 5.82. The van der Waals surface area contributed by atoms with E-state index in [4.69, 9.17) is 16.3 Å². The number of anilines is 1. The highest BCUT2D eigenvalue weighted by Gasteiger charge is 2.10. The van der Waals surface area contributed by atoms with Crippen molar-refractivity contribution in [2.24, 2.45) is 0 Å². The second kappa shape index (κ2) is 7.84. The number of ether oxygens (including phenoxy) is 1. The Morgan fingerprint density at radius 3 is 2.42 bits per heavy atom. The Hall–Kier alpha value is -2.53. The van der Waals surface area contributed by atoms with Gasteiger partial charge in [0.15, 0.2) is 0 Å². The lowest BCUT2D eigenvalue weighted by molar-refractivity contribution is -0.114. The first kappa shape index (κ1) is 17.8. The summed E-state index contributed by atoms with van der Waals surface area (Å²) in [5, 5.41) is 6.11. The van der Waals surface area contributed by atoms with E-state index in [1.165, 1.54) is 6.92 Å². The summed E-state index contributed by atoms with van der Waals surface area (Å²) >= 11 is 6.13. The molecule has 0 aliphatic rings. The van der Waals surface area contributed by atoms with Gasteiger partial charge in [-0.15, -0.1) is 0 Å². The summed E-state index contributed by atoms with van der Waals surface area (Å²) in [6.07, 6.45) is 0. The maximum absolute atomic E-state index is 12.2. The largest absolute Gasteiger partial charge is 0.496 e. The first-order valence-electron chi connectivity index (χ1n) is 7.39. The zero-order valence-electron chi connectivity index (χ0n) is 13.8. The Morgan fingerprint density at radius 1 is 1.17 bits per heavy atom. The molecule has 5 nitrogen and oxygen atoms in total. The summed E-state index contributed by atoms with van der Waals surface area (Å²) in [5.41, 5.74) is 2.86.